The Balaban J connectivity index is 2.16. The van der Waals surface area contributed by atoms with Crippen molar-refractivity contribution in [2.45, 2.75) is 46.0 Å². The van der Waals surface area contributed by atoms with Crippen molar-refractivity contribution in [1.29, 1.82) is 0 Å². The largest absolute Gasteiger partial charge is 0.339 e. The molecule has 0 aromatic carbocycles. The molecule has 1 heterocycles. The maximum absolute atomic E-state index is 12.4. The van der Waals surface area contributed by atoms with Crippen LogP contribution in [0.1, 0.15) is 46.0 Å². The predicted molar refractivity (Wildman–Crippen MR) is 66.1 cm³/mol. The van der Waals surface area contributed by atoms with Crippen molar-refractivity contribution >= 4 is 5.91 Å². The molecular formula is C14H21NO. The van der Waals surface area contributed by atoms with Crippen LogP contribution < -0.4 is 0 Å². The lowest BCUT2D eigenvalue weighted by molar-refractivity contribution is -0.127. The van der Waals surface area contributed by atoms with E-state index in [1.165, 1.54) is 30.4 Å². The van der Waals surface area contributed by atoms with E-state index >= 15 is 0 Å². The highest BCUT2D eigenvalue weighted by molar-refractivity contribution is 5.98. The Bertz CT molecular complexity index is 346. The third kappa shape index (κ3) is 2.21. The summed E-state index contributed by atoms with van der Waals surface area (Å²) in [7, 11) is 0. The first kappa shape index (κ1) is 11.4. The summed E-state index contributed by atoms with van der Waals surface area (Å²) in [6.07, 6.45) is 7.95. The summed E-state index contributed by atoms with van der Waals surface area (Å²) in [4.78, 5) is 14.4. The van der Waals surface area contributed by atoms with Gasteiger partial charge in [0, 0.05) is 18.7 Å². The molecule has 0 radical (unpaired) electrons. The van der Waals surface area contributed by atoms with Crippen molar-refractivity contribution in [2.24, 2.45) is 0 Å². The number of rotatable bonds is 1. The highest BCUT2D eigenvalue weighted by Crippen LogP contribution is 2.27. The first-order chi connectivity index (χ1) is 7.70. The maximum Gasteiger partial charge on any atom is 0.254 e. The highest BCUT2D eigenvalue weighted by Gasteiger charge is 2.23. The number of piperidine rings is 1. The fourth-order valence-corrected chi connectivity index (χ4v) is 2.68. The van der Waals surface area contributed by atoms with E-state index in [9.17, 15) is 4.79 Å². The summed E-state index contributed by atoms with van der Waals surface area (Å²) < 4.78 is 0. The van der Waals surface area contributed by atoms with Crippen LogP contribution in [0.15, 0.2) is 22.8 Å². The highest BCUT2D eigenvalue weighted by atomic mass is 16.2. The van der Waals surface area contributed by atoms with Gasteiger partial charge in [0.2, 0.25) is 0 Å². The van der Waals surface area contributed by atoms with Crippen molar-refractivity contribution in [1.82, 2.24) is 4.90 Å². The Hall–Kier alpha value is -1.05. The minimum absolute atomic E-state index is 0.269. The van der Waals surface area contributed by atoms with E-state index in [1.54, 1.807) is 0 Å². The van der Waals surface area contributed by atoms with Gasteiger partial charge in [0.25, 0.3) is 5.91 Å². The molecule has 1 aliphatic carbocycles. The van der Waals surface area contributed by atoms with E-state index in [2.05, 4.69) is 19.9 Å². The molecule has 16 heavy (non-hydrogen) atoms. The molecule has 0 bridgehead atoms. The molecule has 0 N–H and O–H groups in total. The second-order valence-corrected chi connectivity index (χ2v) is 4.93. The van der Waals surface area contributed by atoms with E-state index in [1.807, 2.05) is 4.90 Å². The lowest BCUT2D eigenvalue weighted by Crippen LogP contribution is -2.37. The normalized spacial score (nSPS) is 22.1. The monoisotopic (exact) mass is 219 g/mol. The molecule has 1 amide bonds. The number of allylic oxidation sites excluding steroid dienone is 2. The number of likely N-dealkylation sites (tertiary alicyclic amines) is 1. The molecule has 1 aliphatic heterocycles. The van der Waals surface area contributed by atoms with E-state index < -0.39 is 0 Å². The number of amides is 1. The second kappa shape index (κ2) is 4.86. The molecule has 88 valence electrons. The first-order valence-corrected chi connectivity index (χ1v) is 6.36. The number of hydrogen-bond acceptors (Lipinski definition) is 1. The van der Waals surface area contributed by atoms with Gasteiger partial charge in [-0.1, -0.05) is 11.6 Å². The van der Waals surface area contributed by atoms with Crippen molar-refractivity contribution in [3.05, 3.63) is 22.8 Å². The Morgan fingerprint density at radius 2 is 1.88 bits per heavy atom. The maximum atomic E-state index is 12.4. The predicted octanol–water partition coefficient (Wildman–Crippen LogP) is 3.06. The average Bonchev–Trinajstić information content (AvgIpc) is 2.30. The minimum Gasteiger partial charge on any atom is -0.339 e. The Kier molecular flexibility index (Phi) is 3.47. The molecule has 0 unspecified atom stereocenters. The lowest BCUT2D eigenvalue weighted by atomic mass is 9.91. The van der Waals surface area contributed by atoms with E-state index in [0.717, 1.165) is 31.5 Å². The van der Waals surface area contributed by atoms with Crippen LogP contribution in [0.5, 0.6) is 0 Å². The number of carbonyl (C=O) groups is 1. The van der Waals surface area contributed by atoms with Gasteiger partial charge in [-0.15, -0.1) is 0 Å². The van der Waals surface area contributed by atoms with Crippen LogP contribution in [0, 0.1) is 0 Å². The van der Waals surface area contributed by atoms with Gasteiger partial charge in [-0.3, -0.25) is 4.79 Å². The molecule has 0 aromatic rings. The van der Waals surface area contributed by atoms with Crippen LogP contribution in [-0.4, -0.2) is 23.9 Å². The van der Waals surface area contributed by atoms with Crippen LogP contribution in [0.3, 0.4) is 0 Å². The van der Waals surface area contributed by atoms with Gasteiger partial charge in [-0.2, -0.15) is 0 Å². The standard InChI is InChI=1S/C14H21NO/c1-11-7-6-8-12(2)13(11)14(16)15-9-4-3-5-10-15/h7H,3-6,8-10H2,1-2H3. The van der Waals surface area contributed by atoms with Gasteiger partial charge >= 0.3 is 0 Å². The van der Waals surface area contributed by atoms with Gasteiger partial charge in [0.05, 0.1) is 0 Å². The number of hydrogen-bond donors (Lipinski definition) is 0. The molecular weight excluding hydrogens is 198 g/mol. The van der Waals surface area contributed by atoms with Crippen LogP contribution >= 0.6 is 0 Å². The Morgan fingerprint density at radius 1 is 1.19 bits per heavy atom. The molecule has 2 nitrogen and oxygen atoms in total. The van der Waals surface area contributed by atoms with Gasteiger partial charge in [0.1, 0.15) is 0 Å². The first-order valence-electron chi connectivity index (χ1n) is 6.36. The minimum atomic E-state index is 0.269. The average molecular weight is 219 g/mol. The van der Waals surface area contributed by atoms with E-state index in [-0.39, 0.29) is 5.91 Å². The Labute approximate surface area is 98.0 Å². The van der Waals surface area contributed by atoms with Gasteiger partial charge in [0.15, 0.2) is 0 Å². The van der Waals surface area contributed by atoms with Crippen LogP contribution in [0.25, 0.3) is 0 Å². The van der Waals surface area contributed by atoms with Crippen molar-refractivity contribution in [3.8, 4) is 0 Å². The van der Waals surface area contributed by atoms with Gasteiger partial charge in [-0.05, 0) is 51.5 Å². The summed E-state index contributed by atoms with van der Waals surface area (Å²) >= 11 is 0. The van der Waals surface area contributed by atoms with Gasteiger partial charge < -0.3 is 4.90 Å². The molecule has 1 saturated heterocycles. The van der Waals surface area contributed by atoms with Crippen LogP contribution in [0.2, 0.25) is 0 Å². The van der Waals surface area contributed by atoms with Crippen LogP contribution in [-0.2, 0) is 4.79 Å². The summed E-state index contributed by atoms with van der Waals surface area (Å²) in [5, 5.41) is 0. The number of carbonyl (C=O) groups excluding carboxylic acids is 1. The van der Waals surface area contributed by atoms with Crippen molar-refractivity contribution in [3.63, 3.8) is 0 Å². The fraction of sp³-hybridized carbons (Fsp3) is 0.643. The Morgan fingerprint density at radius 3 is 2.50 bits per heavy atom. The fourth-order valence-electron chi connectivity index (χ4n) is 2.68. The molecule has 0 spiro atoms. The quantitative estimate of drug-likeness (QED) is 0.663. The summed E-state index contributed by atoms with van der Waals surface area (Å²) in [5.41, 5.74) is 3.45. The lowest BCUT2D eigenvalue weighted by Gasteiger charge is -2.29. The molecule has 2 aliphatic rings. The third-order valence-corrected chi connectivity index (χ3v) is 3.65. The molecule has 0 atom stereocenters. The molecule has 2 heteroatoms. The van der Waals surface area contributed by atoms with Crippen molar-refractivity contribution < 1.29 is 4.79 Å². The molecule has 1 fully saturated rings. The van der Waals surface area contributed by atoms with Gasteiger partial charge in [-0.25, -0.2) is 0 Å². The molecule has 0 saturated carbocycles. The third-order valence-electron chi connectivity index (χ3n) is 3.65. The molecule has 2 rings (SSSR count). The second-order valence-electron chi connectivity index (χ2n) is 4.93. The van der Waals surface area contributed by atoms with Crippen molar-refractivity contribution in [2.75, 3.05) is 13.1 Å². The molecule has 0 aromatic heterocycles. The topological polar surface area (TPSA) is 20.3 Å². The zero-order chi connectivity index (χ0) is 11.5. The smallest absolute Gasteiger partial charge is 0.254 e. The zero-order valence-corrected chi connectivity index (χ0v) is 10.4. The SMILES string of the molecule is CC1=CCCC(C)=C1C(=O)N1CCCCC1. The summed E-state index contributed by atoms with van der Waals surface area (Å²) in [6, 6.07) is 0. The summed E-state index contributed by atoms with van der Waals surface area (Å²) in [5.74, 6) is 0.269. The number of nitrogens with zero attached hydrogens (tertiary/aromatic N) is 1. The van der Waals surface area contributed by atoms with E-state index in [4.69, 9.17) is 0 Å². The van der Waals surface area contributed by atoms with E-state index in [0.29, 0.717) is 0 Å². The van der Waals surface area contributed by atoms with Crippen LogP contribution in [0.4, 0.5) is 0 Å². The summed E-state index contributed by atoms with van der Waals surface area (Å²) in [6.45, 7) is 6.07. The zero-order valence-electron chi connectivity index (χ0n) is 10.4.